The molecule has 1 aliphatic heterocycles. The Hall–Kier alpha value is -2.32. The second-order valence-corrected chi connectivity index (χ2v) is 7.15. The van der Waals surface area contributed by atoms with Gasteiger partial charge in [-0.3, -0.25) is 0 Å². The molecule has 0 aliphatic carbocycles. The molecule has 0 unspecified atom stereocenters. The lowest BCUT2D eigenvalue weighted by atomic mass is 9.99. The molecule has 0 amide bonds. The molecule has 2 aromatic rings. The standard InChI is InChI=1S/C18H26N6O2/c1-13-10-14(11-26)21-17(20-13)23-7-8-24(18(2,3)12-23)16-4-6-19-15(22-16)5-9-25/h4,6,10,25-26H,5,7-9,11-12H2,1-3H3. The fraction of sp³-hybridized carbons (Fsp3) is 0.556. The van der Waals surface area contributed by atoms with Crippen LogP contribution in [0.25, 0.3) is 0 Å². The molecule has 0 radical (unpaired) electrons. The first kappa shape index (κ1) is 18.5. The van der Waals surface area contributed by atoms with Gasteiger partial charge in [-0.2, -0.15) is 0 Å². The lowest BCUT2D eigenvalue weighted by molar-refractivity contribution is 0.276. The maximum atomic E-state index is 9.40. The van der Waals surface area contributed by atoms with E-state index in [9.17, 15) is 5.11 Å². The fourth-order valence-electron chi connectivity index (χ4n) is 3.35. The molecule has 0 saturated carbocycles. The zero-order valence-electron chi connectivity index (χ0n) is 15.6. The van der Waals surface area contributed by atoms with Gasteiger partial charge in [0.1, 0.15) is 11.6 Å². The van der Waals surface area contributed by atoms with E-state index in [2.05, 4.69) is 43.6 Å². The van der Waals surface area contributed by atoms with Gasteiger partial charge in [-0.1, -0.05) is 0 Å². The first-order valence-corrected chi connectivity index (χ1v) is 8.84. The Morgan fingerprint density at radius 3 is 2.65 bits per heavy atom. The molecule has 3 heterocycles. The van der Waals surface area contributed by atoms with Gasteiger partial charge in [0.05, 0.1) is 24.4 Å². The average Bonchev–Trinajstić information content (AvgIpc) is 2.60. The van der Waals surface area contributed by atoms with Crippen LogP contribution in [0.5, 0.6) is 0 Å². The Kier molecular flexibility index (Phi) is 5.33. The highest BCUT2D eigenvalue weighted by Gasteiger charge is 2.35. The Morgan fingerprint density at radius 1 is 1.15 bits per heavy atom. The minimum absolute atomic E-state index is 0.0402. The van der Waals surface area contributed by atoms with Crippen molar-refractivity contribution in [1.82, 2.24) is 19.9 Å². The van der Waals surface area contributed by atoms with Crippen molar-refractivity contribution >= 4 is 11.8 Å². The van der Waals surface area contributed by atoms with Crippen LogP contribution in [-0.2, 0) is 13.0 Å². The van der Waals surface area contributed by atoms with E-state index >= 15 is 0 Å². The summed E-state index contributed by atoms with van der Waals surface area (Å²) in [6.07, 6.45) is 2.20. The van der Waals surface area contributed by atoms with Crippen molar-refractivity contribution in [2.24, 2.45) is 0 Å². The quantitative estimate of drug-likeness (QED) is 0.806. The zero-order valence-corrected chi connectivity index (χ0v) is 15.6. The summed E-state index contributed by atoms with van der Waals surface area (Å²) in [6, 6.07) is 3.71. The van der Waals surface area contributed by atoms with Crippen LogP contribution in [0, 0.1) is 6.92 Å². The van der Waals surface area contributed by atoms with E-state index in [0.717, 1.165) is 31.1 Å². The van der Waals surface area contributed by atoms with Crippen LogP contribution in [0.3, 0.4) is 0 Å². The highest BCUT2D eigenvalue weighted by Crippen LogP contribution is 2.28. The van der Waals surface area contributed by atoms with Crippen LogP contribution in [0.2, 0.25) is 0 Å². The van der Waals surface area contributed by atoms with E-state index in [-0.39, 0.29) is 18.8 Å². The second kappa shape index (κ2) is 7.51. The summed E-state index contributed by atoms with van der Waals surface area (Å²) in [5, 5.41) is 18.5. The predicted molar refractivity (Wildman–Crippen MR) is 99.2 cm³/mol. The third-order valence-corrected chi connectivity index (χ3v) is 4.55. The monoisotopic (exact) mass is 358 g/mol. The first-order valence-electron chi connectivity index (χ1n) is 8.84. The first-order chi connectivity index (χ1) is 12.4. The number of hydrogen-bond acceptors (Lipinski definition) is 8. The smallest absolute Gasteiger partial charge is 0.225 e. The van der Waals surface area contributed by atoms with Crippen molar-refractivity contribution < 1.29 is 10.2 Å². The number of nitrogens with zero attached hydrogens (tertiary/aromatic N) is 6. The van der Waals surface area contributed by atoms with Gasteiger partial charge in [0.15, 0.2) is 0 Å². The van der Waals surface area contributed by atoms with Crippen molar-refractivity contribution in [2.75, 3.05) is 36.0 Å². The maximum Gasteiger partial charge on any atom is 0.225 e. The van der Waals surface area contributed by atoms with Crippen LogP contribution in [0.15, 0.2) is 18.3 Å². The van der Waals surface area contributed by atoms with E-state index in [1.807, 2.05) is 13.0 Å². The molecule has 0 spiro atoms. The van der Waals surface area contributed by atoms with Crippen molar-refractivity contribution in [2.45, 2.75) is 39.3 Å². The molecule has 1 fully saturated rings. The van der Waals surface area contributed by atoms with E-state index < -0.39 is 0 Å². The van der Waals surface area contributed by atoms with Gasteiger partial charge < -0.3 is 20.0 Å². The molecule has 3 rings (SSSR count). The molecule has 140 valence electrons. The summed E-state index contributed by atoms with van der Waals surface area (Å²) in [6.45, 7) is 8.46. The van der Waals surface area contributed by atoms with Crippen LogP contribution in [0.1, 0.15) is 31.1 Å². The molecule has 0 bridgehead atoms. The van der Waals surface area contributed by atoms with E-state index in [1.54, 1.807) is 12.3 Å². The van der Waals surface area contributed by atoms with E-state index in [0.29, 0.717) is 23.9 Å². The number of hydrogen-bond donors (Lipinski definition) is 2. The molecular weight excluding hydrogens is 332 g/mol. The molecule has 2 N–H and O–H groups in total. The number of anilines is 2. The molecule has 8 heteroatoms. The SMILES string of the molecule is Cc1cc(CO)nc(N2CCN(c3ccnc(CCO)n3)C(C)(C)C2)n1. The number of aliphatic hydroxyl groups excluding tert-OH is 2. The summed E-state index contributed by atoms with van der Waals surface area (Å²) in [4.78, 5) is 22.2. The van der Waals surface area contributed by atoms with Crippen molar-refractivity contribution in [3.8, 4) is 0 Å². The topological polar surface area (TPSA) is 98.5 Å². The fourth-order valence-corrected chi connectivity index (χ4v) is 3.35. The van der Waals surface area contributed by atoms with Crippen LogP contribution in [0.4, 0.5) is 11.8 Å². The number of aromatic nitrogens is 4. The highest BCUT2D eigenvalue weighted by atomic mass is 16.3. The normalized spacial score (nSPS) is 16.8. The minimum atomic E-state index is -0.185. The Balaban J connectivity index is 1.82. The van der Waals surface area contributed by atoms with Crippen molar-refractivity contribution in [3.05, 3.63) is 35.5 Å². The average molecular weight is 358 g/mol. The Bertz CT molecular complexity index is 767. The molecule has 2 aromatic heterocycles. The number of aryl methyl sites for hydroxylation is 1. The summed E-state index contributed by atoms with van der Waals surface area (Å²) < 4.78 is 0. The van der Waals surface area contributed by atoms with E-state index in [4.69, 9.17) is 5.11 Å². The lowest BCUT2D eigenvalue weighted by Crippen LogP contribution is -2.60. The van der Waals surface area contributed by atoms with Gasteiger partial charge in [0.2, 0.25) is 5.95 Å². The Labute approximate surface area is 153 Å². The molecule has 0 aromatic carbocycles. The largest absolute Gasteiger partial charge is 0.396 e. The van der Waals surface area contributed by atoms with Gasteiger partial charge >= 0.3 is 0 Å². The lowest BCUT2D eigenvalue weighted by Gasteiger charge is -2.47. The van der Waals surface area contributed by atoms with Gasteiger partial charge in [-0.15, -0.1) is 0 Å². The van der Waals surface area contributed by atoms with Crippen LogP contribution in [-0.4, -0.2) is 61.9 Å². The van der Waals surface area contributed by atoms with Gasteiger partial charge in [0, 0.05) is 37.9 Å². The second-order valence-electron chi connectivity index (χ2n) is 7.15. The van der Waals surface area contributed by atoms with Crippen molar-refractivity contribution in [1.29, 1.82) is 0 Å². The summed E-state index contributed by atoms with van der Waals surface area (Å²) in [7, 11) is 0. The minimum Gasteiger partial charge on any atom is -0.396 e. The van der Waals surface area contributed by atoms with Crippen molar-refractivity contribution in [3.63, 3.8) is 0 Å². The van der Waals surface area contributed by atoms with Crippen LogP contribution >= 0.6 is 0 Å². The summed E-state index contributed by atoms with van der Waals surface area (Å²) in [5.41, 5.74) is 1.30. The highest BCUT2D eigenvalue weighted by molar-refractivity contribution is 5.46. The van der Waals surface area contributed by atoms with E-state index in [1.165, 1.54) is 0 Å². The molecule has 0 atom stereocenters. The number of piperazine rings is 1. The van der Waals surface area contributed by atoms with Gasteiger partial charge in [-0.25, -0.2) is 19.9 Å². The third kappa shape index (κ3) is 3.91. The molecule has 26 heavy (non-hydrogen) atoms. The van der Waals surface area contributed by atoms with Gasteiger partial charge in [0.25, 0.3) is 0 Å². The summed E-state index contributed by atoms with van der Waals surface area (Å²) >= 11 is 0. The summed E-state index contributed by atoms with van der Waals surface area (Å²) in [5.74, 6) is 2.18. The zero-order chi connectivity index (χ0) is 18.7. The molecule has 1 saturated heterocycles. The third-order valence-electron chi connectivity index (χ3n) is 4.55. The molecule has 1 aliphatic rings. The molecular formula is C18H26N6O2. The van der Waals surface area contributed by atoms with Gasteiger partial charge in [-0.05, 0) is 32.9 Å². The van der Waals surface area contributed by atoms with Crippen LogP contribution < -0.4 is 9.80 Å². The Morgan fingerprint density at radius 2 is 1.96 bits per heavy atom. The number of rotatable bonds is 5. The predicted octanol–water partition coefficient (Wildman–Crippen LogP) is 0.707. The number of aliphatic hydroxyl groups is 2. The maximum absolute atomic E-state index is 9.40. The molecule has 8 nitrogen and oxygen atoms in total.